The Morgan fingerprint density at radius 2 is 0.414 bits per heavy atom. The average molecular weight is 504 g/mol. The molecule has 0 bridgehead atoms. The molecule has 0 unspecified atom stereocenters. The zero-order valence-electron chi connectivity index (χ0n) is 12.5. The maximum Gasteiger partial charge on any atom is 0.490 e. The SMILES string of the molecule is O=C(O)C(F)(F)F.O=C(O)C(F)(F)F.O=C(O)C(F)(F)F.O=C(O)C(F)(F)F.[Ti]. The van der Waals surface area contributed by atoms with Gasteiger partial charge in [0.25, 0.3) is 0 Å². The van der Waals surface area contributed by atoms with Crippen LogP contribution in [-0.2, 0) is 40.9 Å². The minimum absolute atomic E-state index is 0. The van der Waals surface area contributed by atoms with Gasteiger partial charge in [-0.05, 0) is 0 Å². The van der Waals surface area contributed by atoms with E-state index in [0.29, 0.717) is 0 Å². The molecule has 8 nitrogen and oxygen atoms in total. The van der Waals surface area contributed by atoms with Crippen molar-refractivity contribution in [2.75, 3.05) is 0 Å². The summed E-state index contributed by atoms with van der Waals surface area (Å²) in [6.07, 6.45) is -20.3. The van der Waals surface area contributed by atoms with Crippen molar-refractivity contribution >= 4 is 23.9 Å². The molecular weight excluding hydrogens is 500 g/mol. The maximum absolute atomic E-state index is 10.6. The topological polar surface area (TPSA) is 149 Å². The molecule has 29 heavy (non-hydrogen) atoms. The van der Waals surface area contributed by atoms with Gasteiger partial charge in [0.15, 0.2) is 0 Å². The van der Waals surface area contributed by atoms with Crippen molar-refractivity contribution in [2.45, 2.75) is 24.7 Å². The normalized spacial score (nSPS) is 10.9. The first kappa shape index (κ1) is 37.5. The standard InChI is InChI=1S/4C2HF3O2.Ti/c4*3-2(4,5)1(6)7;/h4*(H,6,7);. The quantitative estimate of drug-likeness (QED) is 0.291. The van der Waals surface area contributed by atoms with Crippen molar-refractivity contribution in [3.05, 3.63) is 0 Å². The Bertz CT molecular complexity index is 436. The van der Waals surface area contributed by atoms with Crippen LogP contribution in [0.3, 0.4) is 0 Å². The molecule has 0 aromatic carbocycles. The van der Waals surface area contributed by atoms with Gasteiger partial charge in [-0.1, -0.05) is 0 Å². The molecule has 0 atom stereocenters. The monoisotopic (exact) mass is 504 g/mol. The van der Waals surface area contributed by atoms with E-state index in [9.17, 15) is 52.7 Å². The van der Waals surface area contributed by atoms with E-state index in [-0.39, 0.29) is 21.7 Å². The number of aliphatic carboxylic acids is 4. The molecule has 0 heterocycles. The van der Waals surface area contributed by atoms with Crippen LogP contribution in [0.4, 0.5) is 52.7 Å². The number of carboxylic acids is 4. The predicted molar refractivity (Wildman–Crippen MR) is 54.8 cm³/mol. The average Bonchev–Trinajstić information content (AvgIpc) is 2.35. The zero-order chi connectivity index (χ0) is 24.3. The van der Waals surface area contributed by atoms with Crippen LogP contribution >= 0.6 is 0 Å². The summed E-state index contributed by atoms with van der Waals surface area (Å²) in [5.74, 6) is -11.0. The van der Waals surface area contributed by atoms with Crippen LogP contribution in [0.15, 0.2) is 0 Å². The molecule has 172 valence electrons. The van der Waals surface area contributed by atoms with Crippen molar-refractivity contribution in [3.63, 3.8) is 0 Å². The molecular formula is C8H4F12O8Ti. The zero-order valence-corrected chi connectivity index (χ0v) is 14.0. The summed E-state index contributed by atoms with van der Waals surface area (Å²) in [6.45, 7) is 0. The number of carbonyl (C=O) groups is 4. The van der Waals surface area contributed by atoms with Crippen molar-refractivity contribution in [2.24, 2.45) is 0 Å². The number of hydrogen-bond acceptors (Lipinski definition) is 4. The molecule has 0 radical (unpaired) electrons. The van der Waals surface area contributed by atoms with E-state index in [1.54, 1.807) is 0 Å². The second kappa shape index (κ2) is 13.9. The third kappa shape index (κ3) is 30.7. The number of rotatable bonds is 0. The Morgan fingerprint density at radius 3 is 0.414 bits per heavy atom. The van der Waals surface area contributed by atoms with Gasteiger partial charge >= 0.3 is 48.6 Å². The molecule has 21 heteroatoms. The van der Waals surface area contributed by atoms with Gasteiger partial charge in [0.05, 0.1) is 0 Å². The van der Waals surface area contributed by atoms with Crippen LogP contribution in [0.5, 0.6) is 0 Å². The molecule has 0 fully saturated rings. The van der Waals surface area contributed by atoms with E-state index in [0.717, 1.165) is 0 Å². The third-order valence-corrected chi connectivity index (χ3v) is 0.970. The summed E-state index contributed by atoms with van der Waals surface area (Å²) >= 11 is 0. The molecule has 0 aliphatic carbocycles. The summed E-state index contributed by atoms with van der Waals surface area (Å²) in [7, 11) is 0. The fraction of sp³-hybridized carbons (Fsp3) is 0.500. The van der Waals surface area contributed by atoms with Gasteiger partial charge in [-0.25, -0.2) is 19.2 Å². The van der Waals surface area contributed by atoms with Crippen LogP contribution in [-0.4, -0.2) is 69.0 Å². The van der Waals surface area contributed by atoms with E-state index < -0.39 is 48.6 Å². The summed E-state index contributed by atoms with van der Waals surface area (Å²) < 4.78 is 127. The van der Waals surface area contributed by atoms with E-state index in [1.165, 1.54) is 0 Å². The molecule has 0 aromatic heterocycles. The Hall–Kier alpha value is -2.25. The smallest absolute Gasteiger partial charge is 0.475 e. The summed E-state index contributed by atoms with van der Waals surface area (Å²) in [5.41, 5.74) is 0. The molecule has 0 aliphatic rings. The van der Waals surface area contributed by atoms with Crippen LogP contribution in [0, 0.1) is 0 Å². The molecule has 0 aliphatic heterocycles. The van der Waals surface area contributed by atoms with Gasteiger partial charge in [0.1, 0.15) is 0 Å². The van der Waals surface area contributed by atoms with Gasteiger partial charge in [0.2, 0.25) is 0 Å². The van der Waals surface area contributed by atoms with E-state index in [2.05, 4.69) is 0 Å². The minimum atomic E-state index is -5.08. The fourth-order valence-corrected chi connectivity index (χ4v) is 0. The van der Waals surface area contributed by atoms with Gasteiger partial charge in [0, 0.05) is 21.7 Å². The van der Waals surface area contributed by atoms with Crippen molar-refractivity contribution in [1.82, 2.24) is 0 Å². The fourth-order valence-electron chi connectivity index (χ4n) is 0. The summed E-state index contributed by atoms with van der Waals surface area (Å²) in [5, 5.41) is 28.5. The number of alkyl halides is 12. The first-order valence-corrected chi connectivity index (χ1v) is 4.98. The molecule has 0 rings (SSSR count). The van der Waals surface area contributed by atoms with Gasteiger partial charge < -0.3 is 20.4 Å². The predicted octanol–water partition coefficient (Wildman–Crippen LogP) is 2.53. The second-order valence-electron chi connectivity index (χ2n) is 3.21. The molecule has 0 saturated carbocycles. The Kier molecular flexibility index (Phi) is 17.9. The van der Waals surface area contributed by atoms with Crippen LogP contribution < -0.4 is 0 Å². The van der Waals surface area contributed by atoms with E-state index >= 15 is 0 Å². The molecule has 4 N–H and O–H groups in total. The second-order valence-corrected chi connectivity index (χ2v) is 3.21. The Morgan fingerprint density at radius 1 is 0.379 bits per heavy atom. The maximum atomic E-state index is 10.6. The number of carboxylic acid groups (broad SMARTS) is 4. The molecule has 0 aromatic rings. The molecule has 0 spiro atoms. The van der Waals surface area contributed by atoms with Gasteiger partial charge in [-0.3, -0.25) is 0 Å². The first-order valence-electron chi connectivity index (χ1n) is 4.98. The first-order chi connectivity index (χ1) is 11.8. The van der Waals surface area contributed by atoms with Crippen molar-refractivity contribution < 1.29 is 114 Å². The number of hydrogen-bond donors (Lipinski definition) is 4. The van der Waals surface area contributed by atoms with Crippen LogP contribution in [0.2, 0.25) is 0 Å². The van der Waals surface area contributed by atoms with Crippen molar-refractivity contribution in [1.29, 1.82) is 0 Å². The minimum Gasteiger partial charge on any atom is -0.475 e. The third-order valence-electron chi connectivity index (χ3n) is 0.970. The Balaban J connectivity index is -0.0000000873. The van der Waals surface area contributed by atoms with E-state index in [4.69, 9.17) is 39.6 Å². The van der Waals surface area contributed by atoms with Gasteiger partial charge in [-0.2, -0.15) is 52.7 Å². The van der Waals surface area contributed by atoms with Crippen LogP contribution in [0.1, 0.15) is 0 Å². The molecule has 0 saturated heterocycles. The van der Waals surface area contributed by atoms with Crippen LogP contribution in [0.25, 0.3) is 0 Å². The largest absolute Gasteiger partial charge is 0.490 e. The molecule has 0 amide bonds. The van der Waals surface area contributed by atoms with Crippen molar-refractivity contribution in [3.8, 4) is 0 Å². The number of halogens is 12. The van der Waals surface area contributed by atoms with E-state index in [1.807, 2.05) is 0 Å². The summed E-state index contributed by atoms with van der Waals surface area (Å²) in [6, 6.07) is 0. The Labute approximate surface area is 163 Å². The van der Waals surface area contributed by atoms with Gasteiger partial charge in [-0.15, -0.1) is 0 Å². The summed E-state index contributed by atoms with van der Waals surface area (Å²) in [4.78, 5) is 35.6.